The fourth-order valence-corrected chi connectivity index (χ4v) is 2.37. The Hall–Kier alpha value is -2.05. The Balaban J connectivity index is 2.00. The summed E-state index contributed by atoms with van der Waals surface area (Å²) in [7, 11) is 0. The second-order valence-corrected chi connectivity index (χ2v) is 7.31. The van der Waals surface area contributed by atoms with E-state index >= 15 is 0 Å². The van der Waals surface area contributed by atoms with Crippen molar-refractivity contribution in [2.45, 2.75) is 6.92 Å². The molecule has 23 heavy (non-hydrogen) atoms. The first-order valence-electron chi connectivity index (χ1n) is 6.59. The van der Waals surface area contributed by atoms with E-state index in [4.69, 9.17) is 14.3 Å². The SMILES string of the molecule is Cc1ccc(C(=O)NN=Cc2cccc(OP(O)(O)=S)c2)cc1. The first-order chi connectivity index (χ1) is 10.8. The molecule has 0 saturated heterocycles. The maximum absolute atomic E-state index is 11.9. The van der Waals surface area contributed by atoms with E-state index in [9.17, 15) is 4.79 Å². The van der Waals surface area contributed by atoms with E-state index in [1.165, 1.54) is 18.3 Å². The first-order valence-corrected chi connectivity index (χ1v) is 9.21. The Labute approximate surface area is 138 Å². The Morgan fingerprint density at radius 1 is 1.26 bits per heavy atom. The molecule has 0 spiro atoms. The number of carbonyl (C=O) groups excluding carboxylic acids is 1. The average Bonchev–Trinajstić information content (AvgIpc) is 2.46. The molecule has 0 radical (unpaired) electrons. The summed E-state index contributed by atoms with van der Waals surface area (Å²) in [6.07, 6.45) is 1.41. The number of amides is 1. The molecule has 1 amide bonds. The maximum atomic E-state index is 11.9. The van der Waals surface area contributed by atoms with Crippen LogP contribution in [-0.4, -0.2) is 21.9 Å². The van der Waals surface area contributed by atoms with Crippen molar-refractivity contribution in [1.82, 2.24) is 5.43 Å². The number of aryl methyl sites for hydroxylation is 1. The monoisotopic (exact) mass is 350 g/mol. The molecule has 0 heterocycles. The zero-order valence-electron chi connectivity index (χ0n) is 12.2. The molecule has 0 atom stereocenters. The van der Waals surface area contributed by atoms with Crippen LogP contribution in [0.1, 0.15) is 21.5 Å². The second-order valence-electron chi connectivity index (χ2n) is 4.72. The highest BCUT2D eigenvalue weighted by Gasteiger charge is 2.09. The lowest BCUT2D eigenvalue weighted by molar-refractivity contribution is 0.0955. The molecule has 2 rings (SSSR count). The van der Waals surface area contributed by atoms with Gasteiger partial charge in [0.15, 0.2) is 0 Å². The van der Waals surface area contributed by atoms with Crippen molar-refractivity contribution in [1.29, 1.82) is 0 Å². The highest BCUT2D eigenvalue weighted by molar-refractivity contribution is 8.06. The number of nitrogens with zero attached hydrogens (tertiary/aromatic N) is 1. The third kappa shape index (κ3) is 5.92. The lowest BCUT2D eigenvalue weighted by Crippen LogP contribution is -2.17. The molecule has 6 nitrogen and oxygen atoms in total. The van der Waals surface area contributed by atoms with E-state index in [1.807, 2.05) is 19.1 Å². The van der Waals surface area contributed by atoms with E-state index < -0.39 is 6.72 Å². The molecule has 0 fully saturated rings. The van der Waals surface area contributed by atoms with E-state index in [1.54, 1.807) is 24.3 Å². The Morgan fingerprint density at radius 3 is 2.61 bits per heavy atom. The zero-order chi connectivity index (χ0) is 16.9. The molecule has 0 aliphatic heterocycles. The van der Waals surface area contributed by atoms with Crippen LogP contribution in [0.4, 0.5) is 0 Å². The third-order valence-electron chi connectivity index (χ3n) is 2.78. The minimum atomic E-state index is -3.77. The van der Waals surface area contributed by atoms with E-state index in [0.29, 0.717) is 11.1 Å². The molecule has 0 aliphatic rings. The Kier molecular flexibility index (Phi) is 5.63. The van der Waals surface area contributed by atoms with Gasteiger partial charge in [-0.15, -0.1) is 0 Å². The van der Waals surface area contributed by atoms with Crippen LogP contribution >= 0.6 is 6.72 Å². The molecule has 0 bridgehead atoms. The van der Waals surface area contributed by atoms with Crippen molar-refractivity contribution in [2.75, 3.05) is 0 Å². The fourth-order valence-electron chi connectivity index (χ4n) is 1.72. The van der Waals surface area contributed by atoms with Gasteiger partial charge in [0.25, 0.3) is 5.91 Å². The van der Waals surface area contributed by atoms with Crippen LogP contribution in [0.25, 0.3) is 0 Å². The van der Waals surface area contributed by atoms with Gasteiger partial charge in [-0.2, -0.15) is 5.10 Å². The van der Waals surface area contributed by atoms with Gasteiger partial charge in [-0.1, -0.05) is 29.8 Å². The van der Waals surface area contributed by atoms with Crippen molar-refractivity contribution < 1.29 is 19.1 Å². The standard InChI is InChI=1S/C15H15N2O4PS/c1-11-5-7-13(8-6-11)15(18)17-16-10-12-3-2-4-14(9-12)21-22(19,20)23/h2-10H,1H3,(H,17,18)(H2,19,20,23). The summed E-state index contributed by atoms with van der Waals surface area (Å²) in [4.78, 5) is 30.1. The minimum absolute atomic E-state index is 0.215. The van der Waals surface area contributed by atoms with Gasteiger partial charge in [-0.25, -0.2) is 5.43 Å². The summed E-state index contributed by atoms with van der Waals surface area (Å²) < 4.78 is 4.84. The molecule has 0 aromatic heterocycles. The molecule has 0 aliphatic carbocycles. The van der Waals surface area contributed by atoms with Crippen LogP contribution < -0.4 is 9.95 Å². The number of carbonyl (C=O) groups is 1. The molecule has 0 unspecified atom stereocenters. The van der Waals surface area contributed by atoms with E-state index in [-0.39, 0.29) is 11.7 Å². The highest BCUT2D eigenvalue weighted by Crippen LogP contribution is 2.37. The number of hydrazone groups is 1. The maximum Gasteiger partial charge on any atom is 0.375 e. The third-order valence-corrected chi connectivity index (χ3v) is 3.45. The average molecular weight is 350 g/mol. The van der Waals surface area contributed by atoms with Crippen LogP contribution in [0.15, 0.2) is 53.6 Å². The van der Waals surface area contributed by atoms with Gasteiger partial charge in [-0.05, 0) is 36.8 Å². The van der Waals surface area contributed by atoms with Crippen molar-refractivity contribution in [2.24, 2.45) is 5.10 Å². The number of hydrogen-bond donors (Lipinski definition) is 3. The zero-order valence-corrected chi connectivity index (χ0v) is 13.9. The first kappa shape index (κ1) is 17.3. The van der Waals surface area contributed by atoms with Crippen LogP contribution in [0.3, 0.4) is 0 Å². The topological polar surface area (TPSA) is 91.2 Å². The van der Waals surface area contributed by atoms with Gasteiger partial charge in [0.2, 0.25) is 0 Å². The van der Waals surface area contributed by atoms with Gasteiger partial charge in [-0.3, -0.25) is 4.79 Å². The van der Waals surface area contributed by atoms with E-state index in [2.05, 4.69) is 22.3 Å². The van der Waals surface area contributed by atoms with Crippen LogP contribution in [0.2, 0.25) is 0 Å². The molecule has 8 heteroatoms. The van der Waals surface area contributed by atoms with Crippen LogP contribution in [0.5, 0.6) is 5.75 Å². The van der Waals surface area contributed by atoms with Crippen molar-refractivity contribution in [3.63, 3.8) is 0 Å². The minimum Gasteiger partial charge on any atom is -0.424 e. The lowest BCUT2D eigenvalue weighted by Gasteiger charge is -2.09. The molecule has 2 aromatic rings. The van der Waals surface area contributed by atoms with Gasteiger partial charge < -0.3 is 14.3 Å². The van der Waals surface area contributed by atoms with Crippen molar-refractivity contribution in [3.05, 3.63) is 65.2 Å². The Bertz CT molecular complexity index is 771. The van der Waals surface area contributed by atoms with Gasteiger partial charge >= 0.3 is 6.72 Å². The summed E-state index contributed by atoms with van der Waals surface area (Å²) >= 11 is 4.40. The van der Waals surface area contributed by atoms with Gasteiger partial charge in [0.05, 0.1) is 6.21 Å². The fraction of sp³-hybridized carbons (Fsp3) is 0.0667. The van der Waals surface area contributed by atoms with Crippen LogP contribution in [-0.2, 0) is 11.8 Å². The van der Waals surface area contributed by atoms with Gasteiger partial charge in [0.1, 0.15) is 5.75 Å². The summed E-state index contributed by atoms with van der Waals surface area (Å²) in [5.74, 6) is -0.109. The van der Waals surface area contributed by atoms with Gasteiger partial charge in [0, 0.05) is 17.4 Å². The largest absolute Gasteiger partial charge is 0.424 e. The van der Waals surface area contributed by atoms with Crippen molar-refractivity contribution >= 4 is 30.6 Å². The number of rotatable bonds is 5. The molecular formula is C15H15N2O4PS. The molecule has 120 valence electrons. The van der Waals surface area contributed by atoms with Crippen molar-refractivity contribution in [3.8, 4) is 5.75 Å². The molecule has 3 N–H and O–H groups in total. The summed E-state index contributed by atoms with van der Waals surface area (Å²) in [5.41, 5.74) is 4.59. The number of benzene rings is 2. The molecular weight excluding hydrogens is 335 g/mol. The summed E-state index contributed by atoms with van der Waals surface area (Å²) in [5, 5.41) is 3.86. The Morgan fingerprint density at radius 2 is 1.96 bits per heavy atom. The van der Waals surface area contributed by atoms with Crippen LogP contribution in [0, 0.1) is 6.92 Å². The normalized spacial score (nSPS) is 11.4. The lowest BCUT2D eigenvalue weighted by atomic mass is 10.1. The highest BCUT2D eigenvalue weighted by atomic mass is 32.5. The number of hydrogen-bond acceptors (Lipinski definition) is 4. The predicted octanol–water partition coefficient (Wildman–Crippen LogP) is 2.35. The molecule has 2 aromatic carbocycles. The second kappa shape index (κ2) is 7.48. The predicted molar refractivity (Wildman–Crippen MR) is 92.0 cm³/mol. The van der Waals surface area contributed by atoms with E-state index in [0.717, 1.165) is 5.56 Å². The summed E-state index contributed by atoms with van der Waals surface area (Å²) in [6.45, 7) is -1.84. The number of nitrogens with one attached hydrogen (secondary N) is 1. The summed E-state index contributed by atoms with van der Waals surface area (Å²) in [6, 6.07) is 13.5. The molecule has 0 saturated carbocycles. The smallest absolute Gasteiger partial charge is 0.375 e. The quantitative estimate of drug-likeness (QED) is 0.437.